The average Bonchev–Trinajstić information content (AvgIpc) is 3.30. The van der Waals surface area contributed by atoms with Crippen LogP contribution in [-0.2, 0) is 22.7 Å². The lowest BCUT2D eigenvalue weighted by molar-refractivity contribution is -0.139. The first-order valence-corrected chi connectivity index (χ1v) is 13.7. The fourth-order valence-electron chi connectivity index (χ4n) is 5.52. The highest BCUT2D eigenvalue weighted by molar-refractivity contribution is 5.91. The van der Waals surface area contributed by atoms with E-state index in [1.165, 1.54) is 6.42 Å². The van der Waals surface area contributed by atoms with Crippen LogP contribution in [0.2, 0.25) is 0 Å². The second-order valence-electron chi connectivity index (χ2n) is 10.5. The Kier molecular flexibility index (Phi) is 9.29. The molecule has 1 unspecified atom stereocenters. The zero-order valence-corrected chi connectivity index (χ0v) is 23.0. The monoisotopic (exact) mass is 512 g/mol. The van der Waals surface area contributed by atoms with Gasteiger partial charge in [-0.05, 0) is 68.5 Å². The van der Waals surface area contributed by atoms with E-state index in [9.17, 15) is 9.59 Å². The summed E-state index contributed by atoms with van der Waals surface area (Å²) in [6.45, 7) is 11.3. The van der Waals surface area contributed by atoms with Crippen LogP contribution in [0.3, 0.4) is 0 Å². The Balaban J connectivity index is 1.73. The molecule has 1 aromatic carbocycles. The Morgan fingerprint density at radius 3 is 2.61 bits per heavy atom. The van der Waals surface area contributed by atoms with E-state index in [-0.39, 0.29) is 24.4 Å². The molecule has 1 aliphatic carbocycles. The molecule has 1 N–H and O–H groups in total. The molecule has 1 saturated carbocycles. The molecule has 6 heteroatoms. The van der Waals surface area contributed by atoms with E-state index >= 15 is 0 Å². The number of amides is 2. The lowest BCUT2D eigenvalue weighted by atomic mass is 9.93. The normalized spacial score (nSPS) is 17.3. The third kappa shape index (κ3) is 6.67. The van der Waals surface area contributed by atoms with Crippen LogP contribution in [0.5, 0.6) is 0 Å². The second-order valence-corrected chi connectivity index (χ2v) is 10.5. The molecular weight excluding hydrogens is 472 g/mol. The van der Waals surface area contributed by atoms with Gasteiger partial charge in [-0.25, -0.2) is 0 Å². The molecule has 200 valence electrons. The lowest BCUT2D eigenvalue weighted by Gasteiger charge is -2.35. The number of fused-ring (bicyclic) bond motifs is 1. The summed E-state index contributed by atoms with van der Waals surface area (Å²) in [5, 5.41) is 3.31. The molecular formula is C32H40N4O2. The van der Waals surface area contributed by atoms with E-state index in [4.69, 9.17) is 0 Å². The van der Waals surface area contributed by atoms with Gasteiger partial charge in [0.2, 0.25) is 11.8 Å². The van der Waals surface area contributed by atoms with E-state index in [0.717, 1.165) is 53.6 Å². The Morgan fingerprint density at radius 2 is 1.92 bits per heavy atom. The topological polar surface area (TPSA) is 65.5 Å². The molecule has 4 rings (SSSR count). The minimum atomic E-state index is -0.796. The molecule has 1 fully saturated rings. The van der Waals surface area contributed by atoms with Gasteiger partial charge in [-0.3, -0.25) is 24.4 Å². The fourth-order valence-corrected chi connectivity index (χ4v) is 5.52. The number of nitrogens with zero attached hydrogens (tertiary/aromatic N) is 3. The van der Waals surface area contributed by atoms with Crippen molar-refractivity contribution < 1.29 is 9.59 Å². The summed E-state index contributed by atoms with van der Waals surface area (Å²) in [7, 11) is 0. The summed E-state index contributed by atoms with van der Waals surface area (Å²) >= 11 is 0. The number of pyridine rings is 1. The number of aryl methyl sites for hydroxylation is 1. The minimum absolute atomic E-state index is 0.129. The summed E-state index contributed by atoms with van der Waals surface area (Å²) in [6, 6.07) is 11.2. The molecule has 38 heavy (non-hydrogen) atoms. The molecule has 1 aromatic heterocycles. The van der Waals surface area contributed by atoms with Crippen LogP contribution in [-0.4, -0.2) is 39.2 Å². The van der Waals surface area contributed by atoms with Crippen molar-refractivity contribution in [2.75, 3.05) is 6.54 Å². The summed E-state index contributed by atoms with van der Waals surface area (Å²) in [6.07, 6.45) is 12.9. The van der Waals surface area contributed by atoms with Crippen molar-refractivity contribution >= 4 is 11.8 Å². The smallest absolute Gasteiger partial charge is 0.248 e. The highest BCUT2D eigenvalue weighted by Gasteiger charge is 2.36. The Hall–Kier alpha value is -3.51. The highest BCUT2D eigenvalue weighted by atomic mass is 16.2. The van der Waals surface area contributed by atoms with Crippen molar-refractivity contribution in [2.24, 2.45) is 0 Å². The third-order valence-electron chi connectivity index (χ3n) is 7.33. The Bertz CT molecular complexity index is 1200. The molecule has 2 aromatic rings. The molecule has 1 aliphatic heterocycles. The fraction of sp³-hybridized carbons (Fsp3) is 0.406. The van der Waals surface area contributed by atoms with Crippen LogP contribution >= 0.6 is 0 Å². The van der Waals surface area contributed by atoms with Gasteiger partial charge in [0.15, 0.2) is 0 Å². The number of hydrogen-bond donors (Lipinski definition) is 1. The number of rotatable bonds is 9. The zero-order valence-electron chi connectivity index (χ0n) is 23.0. The molecule has 0 saturated heterocycles. The van der Waals surface area contributed by atoms with Gasteiger partial charge in [0.05, 0.1) is 12.2 Å². The standard InChI is InChI=1S/C32H40N4O2/c1-5-12-27(19-23(2)3)36(30(37)22-35-20-25-14-11-18-33-29(25)21-35)31(28-17-10-9-13-24(28)4)32(38)34-26-15-7-6-8-16-26/h5,9-14,17-19,26,31H,2,6-8,15-16,20-22H2,1,3-4H3,(H,34,38). The Morgan fingerprint density at radius 1 is 1.16 bits per heavy atom. The van der Waals surface area contributed by atoms with Crippen LogP contribution in [0.25, 0.3) is 0 Å². The largest absolute Gasteiger partial charge is 0.351 e. The van der Waals surface area contributed by atoms with Crippen molar-refractivity contribution in [2.45, 2.75) is 78.0 Å². The minimum Gasteiger partial charge on any atom is -0.351 e. The van der Waals surface area contributed by atoms with E-state index in [0.29, 0.717) is 18.8 Å². The van der Waals surface area contributed by atoms with Gasteiger partial charge < -0.3 is 5.32 Å². The summed E-state index contributed by atoms with van der Waals surface area (Å²) < 4.78 is 0. The molecule has 6 nitrogen and oxygen atoms in total. The molecule has 0 bridgehead atoms. The van der Waals surface area contributed by atoms with Crippen LogP contribution in [0, 0.1) is 6.92 Å². The van der Waals surface area contributed by atoms with Crippen LogP contribution in [0.15, 0.2) is 78.7 Å². The van der Waals surface area contributed by atoms with Gasteiger partial charge >= 0.3 is 0 Å². The number of allylic oxidation sites excluding steroid dienone is 4. The van der Waals surface area contributed by atoms with Crippen molar-refractivity contribution in [1.82, 2.24) is 20.1 Å². The van der Waals surface area contributed by atoms with Crippen LogP contribution < -0.4 is 5.32 Å². The zero-order chi connectivity index (χ0) is 27.1. The van der Waals surface area contributed by atoms with Crippen molar-refractivity contribution in [3.63, 3.8) is 0 Å². The maximum atomic E-state index is 14.3. The maximum absolute atomic E-state index is 14.3. The van der Waals surface area contributed by atoms with Gasteiger partial charge in [-0.2, -0.15) is 0 Å². The maximum Gasteiger partial charge on any atom is 0.248 e. The molecule has 1 atom stereocenters. The van der Waals surface area contributed by atoms with Gasteiger partial charge in [-0.1, -0.05) is 67.8 Å². The highest BCUT2D eigenvalue weighted by Crippen LogP contribution is 2.31. The lowest BCUT2D eigenvalue weighted by Crippen LogP contribution is -2.48. The Labute approximate surface area is 227 Å². The van der Waals surface area contributed by atoms with Crippen molar-refractivity contribution in [3.05, 3.63) is 101 Å². The average molecular weight is 513 g/mol. The molecule has 2 aliphatic rings. The van der Waals surface area contributed by atoms with E-state index in [1.54, 1.807) is 11.1 Å². The quantitative estimate of drug-likeness (QED) is 0.434. The van der Waals surface area contributed by atoms with E-state index in [2.05, 4.69) is 27.8 Å². The van der Waals surface area contributed by atoms with Crippen molar-refractivity contribution in [3.8, 4) is 0 Å². The first-order chi connectivity index (χ1) is 18.4. The van der Waals surface area contributed by atoms with E-state index in [1.807, 2.05) is 69.3 Å². The van der Waals surface area contributed by atoms with Gasteiger partial charge in [-0.15, -0.1) is 0 Å². The first kappa shape index (κ1) is 27.5. The second kappa shape index (κ2) is 12.8. The number of aromatic nitrogens is 1. The summed E-state index contributed by atoms with van der Waals surface area (Å²) in [5.74, 6) is -0.265. The summed E-state index contributed by atoms with van der Waals surface area (Å²) in [4.78, 5) is 36.6. The number of hydrogen-bond acceptors (Lipinski definition) is 4. The predicted molar refractivity (Wildman–Crippen MR) is 152 cm³/mol. The first-order valence-electron chi connectivity index (χ1n) is 13.7. The van der Waals surface area contributed by atoms with Gasteiger partial charge in [0.25, 0.3) is 0 Å². The molecule has 0 radical (unpaired) electrons. The molecule has 0 spiro atoms. The SMILES string of the molecule is C=C(C)C=C(C=CC)N(C(=O)CN1Cc2cccnc2C1)C(C(=O)NC1CCCCC1)c1ccccc1C. The van der Waals surface area contributed by atoms with Crippen molar-refractivity contribution in [1.29, 1.82) is 0 Å². The van der Waals surface area contributed by atoms with Crippen LogP contribution in [0.1, 0.15) is 74.4 Å². The third-order valence-corrected chi connectivity index (χ3v) is 7.33. The van der Waals surface area contributed by atoms with Crippen LogP contribution in [0.4, 0.5) is 0 Å². The number of carbonyl (C=O) groups is 2. The number of benzene rings is 1. The number of carbonyl (C=O) groups excluding carboxylic acids is 2. The molecule has 2 heterocycles. The molecule has 2 amide bonds. The number of nitrogens with one attached hydrogen (secondary N) is 1. The van der Waals surface area contributed by atoms with Gasteiger partial charge in [0.1, 0.15) is 6.04 Å². The predicted octanol–water partition coefficient (Wildman–Crippen LogP) is 5.76. The van der Waals surface area contributed by atoms with E-state index < -0.39 is 6.04 Å². The van der Waals surface area contributed by atoms with Gasteiger partial charge in [0, 0.05) is 31.0 Å². The summed E-state index contributed by atoms with van der Waals surface area (Å²) in [5.41, 5.74) is 5.42.